The molecule has 0 bridgehead atoms. The summed E-state index contributed by atoms with van der Waals surface area (Å²) < 4.78 is 33.3. The molecule has 57 heavy (non-hydrogen) atoms. The van der Waals surface area contributed by atoms with Crippen molar-refractivity contribution >= 4 is 40.7 Å². The van der Waals surface area contributed by atoms with Gasteiger partial charge in [-0.15, -0.1) is 0 Å². The molecule has 3 aliphatic rings. The van der Waals surface area contributed by atoms with E-state index in [0.29, 0.717) is 46.0 Å². The molecule has 0 radical (unpaired) electrons. The smallest absolute Gasteiger partial charge is 0.408 e. The SMILES string of the molecule is CCOC(=O)C(O)NC(=O)C1(NC(=O)[C@@H]2CC(Oc3cc(-c4ccc5c(c4)OCO5)nc4cc(OC)ccc34)CN2C(=O)[C@@H](NC(=O)OC(C)C)C(C)C)CCC1. The number of esters is 1. The van der Waals surface area contributed by atoms with Gasteiger partial charge in [0.15, 0.2) is 11.5 Å². The number of amides is 4. The van der Waals surface area contributed by atoms with Gasteiger partial charge in [-0.25, -0.2) is 14.6 Å². The zero-order valence-corrected chi connectivity index (χ0v) is 32.8. The van der Waals surface area contributed by atoms with E-state index >= 15 is 0 Å². The Morgan fingerprint density at radius 2 is 1.75 bits per heavy atom. The van der Waals surface area contributed by atoms with E-state index in [-0.39, 0.29) is 39.2 Å². The molecule has 2 unspecified atom stereocenters. The van der Waals surface area contributed by atoms with Crippen LogP contribution < -0.4 is 34.9 Å². The molecule has 2 aromatic carbocycles. The Hall–Kier alpha value is -5.84. The molecule has 1 saturated carbocycles. The molecule has 6 rings (SSSR count). The molecule has 4 N–H and O–H groups in total. The minimum Gasteiger partial charge on any atom is -0.497 e. The zero-order chi connectivity index (χ0) is 41.0. The van der Waals surface area contributed by atoms with Crippen molar-refractivity contribution in [2.24, 2.45) is 5.92 Å². The van der Waals surface area contributed by atoms with Gasteiger partial charge < -0.3 is 54.4 Å². The first-order valence-electron chi connectivity index (χ1n) is 19.0. The highest BCUT2D eigenvalue weighted by Gasteiger charge is 2.50. The number of pyridine rings is 1. The van der Waals surface area contributed by atoms with Gasteiger partial charge in [-0.3, -0.25) is 14.4 Å². The Labute approximate surface area is 329 Å². The van der Waals surface area contributed by atoms with E-state index < -0.39 is 71.8 Å². The molecule has 4 amide bonds. The lowest BCUT2D eigenvalue weighted by molar-refractivity contribution is -0.159. The van der Waals surface area contributed by atoms with Crippen LogP contribution in [0.15, 0.2) is 42.5 Å². The fourth-order valence-electron chi connectivity index (χ4n) is 7.03. The summed E-state index contributed by atoms with van der Waals surface area (Å²) in [6.45, 7) is 8.49. The number of rotatable bonds is 14. The highest BCUT2D eigenvalue weighted by Crippen LogP contribution is 2.39. The van der Waals surface area contributed by atoms with Crippen molar-refractivity contribution in [3.05, 3.63) is 42.5 Å². The molecule has 0 spiro atoms. The first kappa shape index (κ1) is 40.8. The summed E-state index contributed by atoms with van der Waals surface area (Å²) in [5.41, 5.74) is 0.399. The number of aromatic nitrogens is 1. The number of carbonyl (C=O) groups excluding carboxylic acids is 5. The number of hydrogen-bond acceptors (Lipinski definition) is 13. The molecule has 2 fully saturated rings. The van der Waals surface area contributed by atoms with Gasteiger partial charge in [-0.05, 0) is 76.3 Å². The molecule has 17 nitrogen and oxygen atoms in total. The van der Waals surface area contributed by atoms with Crippen molar-refractivity contribution in [3.63, 3.8) is 0 Å². The number of benzene rings is 2. The largest absolute Gasteiger partial charge is 0.497 e. The van der Waals surface area contributed by atoms with E-state index in [4.69, 9.17) is 33.4 Å². The van der Waals surface area contributed by atoms with Gasteiger partial charge >= 0.3 is 12.1 Å². The number of nitrogens with one attached hydrogen (secondary N) is 3. The first-order chi connectivity index (χ1) is 27.2. The lowest BCUT2D eigenvalue weighted by atomic mass is 9.75. The fourth-order valence-corrected chi connectivity index (χ4v) is 7.03. The molecule has 3 aromatic rings. The van der Waals surface area contributed by atoms with Crippen LogP contribution in [0.4, 0.5) is 4.79 Å². The Balaban J connectivity index is 1.32. The van der Waals surface area contributed by atoms with Crippen molar-refractivity contribution < 1.29 is 57.5 Å². The predicted octanol–water partition coefficient (Wildman–Crippen LogP) is 3.18. The summed E-state index contributed by atoms with van der Waals surface area (Å²) in [6, 6.07) is 10.4. The molecular formula is C40H49N5O12. The van der Waals surface area contributed by atoms with Crippen LogP contribution in [-0.4, -0.2) is 108 Å². The number of likely N-dealkylation sites (tertiary alicyclic amines) is 1. The summed E-state index contributed by atoms with van der Waals surface area (Å²) >= 11 is 0. The summed E-state index contributed by atoms with van der Waals surface area (Å²) in [7, 11) is 1.55. The third kappa shape index (κ3) is 8.93. The molecular weight excluding hydrogens is 742 g/mol. The van der Waals surface area contributed by atoms with E-state index in [1.54, 1.807) is 66.0 Å². The van der Waals surface area contributed by atoms with E-state index in [1.165, 1.54) is 4.90 Å². The lowest BCUT2D eigenvalue weighted by Gasteiger charge is -2.42. The minimum atomic E-state index is -1.93. The third-order valence-electron chi connectivity index (χ3n) is 10.1. The summed E-state index contributed by atoms with van der Waals surface area (Å²) in [5.74, 6) is -1.22. The Kier molecular flexibility index (Phi) is 12.3. The highest BCUT2D eigenvalue weighted by atomic mass is 16.7. The average molecular weight is 792 g/mol. The number of methoxy groups -OCH3 is 1. The normalized spacial score (nSPS) is 19.0. The van der Waals surface area contributed by atoms with Gasteiger partial charge in [0, 0.05) is 29.5 Å². The van der Waals surface area contributed by atoms with Gasteiger partial charge in [-0.1, -0.05) is 13.8 Å². The van der Waals surface area contributed by atoms with Crippen molar-refractivity contribution in [2.75, 3.05) is 27.1 Å². The van der Waals surface area contributed by atoms with E-state index in [2.05, 4.69) is 16.0 Å². The molecule has 1 saturated heterocycles. The number of aliphatic hydroxyl groups excluding tert-OH is 1. The van der Waals surface area contributed by atoms with Crippen LogP contribution in [0.5, 0.6) is 23.0 Å². The van der Waals surface area contributed by atoms with Crippen LogP contribution in [0.1, 0.15) is 60.3 Å². The number of aliphatic hydroxyl groups is 1. The van der Waals surface area contributed by atoms with E-state index in [1.807, 2.05) is 18.2 Å². The van der Waals surface area contributed by atoms with Crippen molar-refractivity contribution in [3.8, 4) is 34.3 Å². The second kappa shape index (κ2) is 17.1. The number of nitrogens with zero attached hydrogens (tertiary/aromatic N) is 2. The quantitative estimate of drug-likeness (QED) is 0.137. The molecule has 306 valence electrons. The third-order valence-corrected chi connectivity index (χ3v) is 10.1. The first-order valence-corrected chi connectivity index (χ1v) is 19.0. The Bertz CT molecular complexity index is 2020. The predicted molar refractivity (Wildman–Crippen MR) is 203 cm³/mol. The summed E-state index contributed by atoms with van der Waals surface area (Å²) in [5, 5.41) is 18.6. The van der Waals surface area contributed by atoms with E-state index in [0.717, 1.165) is 5.56 Å². The number of fused-ring (bicyclic) bond motifs is 2. The van der Waals surface area contributed by atoms with Crippen molar-refractivity contribution in [1.29, 1.82) is 0 Å². The maximum absolute atomic E-state index is 14.4. The Morgan fingerprint density at radius 3 is 2.42 bits per heavy atom. The molecule has 1 aromatic heterocycles. The van der Waals surface area contributed by atoms with Gasteiger partial charge in [0.1, 0.15) is 35.2 Å². The van der Waals surface area contributed by atoms with Crippen LogP contribution in [0.3, 0.4) is 0 Å². The standard InChI is InChI=1S/C40H49N5O12/c1-7-53-37(49)35(47)43-38(50)40(13-8-14-40)44-34(46)29-17-25(19-45(29)36(48)33(21(2)3)42-39(51)56-22(4)5)57-31-18-27(23-9-12-30-32(15-23)55-20-54-30)41-28-16-24(52-6)10-11-26(28)31/h9-12,15-16,18,21-22,25,29,33,35,47H,7-8,13-14,17,19-20H2,1-6H3,(H,42,51)(H,43,50)(H,44,46)/t25?,29-,33-,35?/m0/s1. The molecule has 3 heterocycles. The maximum Gasteiger partial charge on any atom is 0.408 e. The van der Waals surface area contributed by atoms with Crippen LogP contribution in [0.25, 0.3) is 22.2 Å². The lowest BCUT2D eigenvalue weighted by Crippen LogP contribution is -2.67. The fraction of sp³-hybridized carbons (Fsp3) is 0.500. The number of ether oxygens (including phenoxy) is 6. The molecule has 2 aliphatic heterocycles. The highest BCUT2D eigenvalue weighted by molar-refractivity contribution is 5.98. The summed E-state index contributed by atoms with van der Waals surface area (Å²) in [6.07, 6.45) is -2.84. The Morgan fingerprint density at radius 1 is 1.00 bits per heavy atom. The van der Waals surface area contributed by atoms with Crippen molar-refractivity contribution in [2.45, 2.75) is 96.4 Å². The van der Waals surface area contributed by atoms with Gasteiger partial charge in [0.2, 0.25) is 30.7 Å². The van der Waals surface area contributed by atoms with Crippen molar-refractivity contribution in [1.82, 2.24) is 25.8 Å². The molecule has 1 aliphatic carbocycles. The minimum absolute atomic E-state index is 0.00689. The molecule has 4 atom stereocenters. The van der Waals surface area contributed by atoms with Gasteiger partial charge in [-0.2, -0.15) is 0 Å². The van der Waals surface area contributed by atoms with Crippen LogP contribution in [0.2, 0.25) is 0 Å². The van der Waals surface area contributed by atoms with Crippen LogP contribution >= 0.6 is 0 Å². The van der Waals surface area contributed by atoms with Crippen LogP contribution in [0, 0.1) is 5.92 Å². The average Bonchev–Trinajstić information content (AvgIpc) is 3.81. The zero-order valence-electron chi connectivity index (χ0n) is 32.8. The monoisotopic (exact) mass is 791 g/mol. The number of carbonyl (C=O) groups is 5. The van der Waals surface area contributed by atoms with Gasteiger partial charge in [0.05, 0.1) is 37.6 Å². The topological polar surface area (TPSA) is 213 Å². The van der Waals surface area contributed by atoms with Crippen LogP contribution in [-0.2, 0) is 28.7 Å². The maximum atomic E-state index is 14.4. The number of alkyl carbamates (subject to hydrolysis) is 1. The second-order valence-electron chi connectivity index (χ2n) is 14.8. The van der Waals surface area contributed by atoms with E-state index in [9.17, 15) is 29.1 Å². The summed E-state index contributed by atoms with van der Waals surface area (Å²) in [4.78, 5) is 73.2. The molecule has 17 heteroatoms. The number of hydrogen-bond donors (Lipinski definition) is 4. The second-order valence-corrected chi connectivity index (χ2v) is 14.8. The van der Waals surface area contributed by atoms with Gasteiger partial charge in [0.25, 0.3) is 0 Å².